The zero-order valence-corrected chi connectivity index (χ0v) is 19.2. The fraction of sp³-hybridized carbons (Fsp3) is 0.364. The van der Waals surface area contributed by atoms with Crippen LogP contribution in [0.1, 0.15) is 12.6 Å². The Bertz CT molecular complexity index is 1340. The van der Waals surface area contributed by atoms with Crippen LogP contribution in [0, 0.1) is 0 Å². The molecular formula is C22H25N9O4. The lowest BCUT2D eigenvalue weighted by atomic mass is 10.1. The number of benzene rings is 1. The van der Waals surface area contributed by atoms with Crippen LogP contribution in [0.25, 0.3) is 17.0 Å². The Morgan fingerprint density at radius 3 is 2.89 bits per heavy atom. The van der Waals surface area contributed by atoms with E-state index in [2.05, 4.69) is 32.2 Å². The molecule has 5 rings (SSSR count). The molecule has 13 heteroatoms. The normalized spacial score (nSPS) is 19.9. The largest absolute Gasteiger partial charge is 0.486 e. The Morgan fingerprint density at radius 2 is 2.11 bits per heavy atom. The summed E-state index contributed by atoms with van der Waals surface area (Å²) >= 11 is 0. The van der Waals surface area contributed by atoms with Gasteiger partial charge >= 0.3 is 5.97 Å². The number of aromatic nitrogens is 4. The molecule has 35 heavy (non-hydrogen) atoms. The lowest BCUT2D eigenvalue weighted by molar-refractivity contribution is -0.129. The van der Waals surface area contributed by atoms with Crippen molar-refractivity contribution in [2.75, 3.05) is 37.1 Å². The number of rotatable bonds is 6. The van der Waals surface area contributed by atoms with E-state index in [0.29, 0.717) is 49.0 Å². The van der Waals surface area contributed by atoms with E-state index in [1.165, 1.54) is 0 Å². The first-order valence-electron chi connectivity index (χ1n) is 11.1. The van der Waals surface area contributed by atoms with Gasteiger partial charge in [-0.25, -0.2) is 19.3 Å². The highest BCUT2D eigenvalue weighted by Crippen LogP contribution is 2.39. The summed E-state index contributed by atoms with van der Waals surface area (Å²) in [7, 11) is 1.78. The Kier molecular flexibility index (Phi) is 5.91. The van der Waals surface area contributed by atoms with Gasteiger partial charge < -0.3 is 30.6 Å². The van der Waals surface area contributed by atoms with Crippen LogP contribution in [0.2, 0.25) is 0 Å². The topological polar surface area (TPSA) is 165 Å². The summed E-state index contributed by atoms with van der Waals surface area (Å²) in [4.78, 5) is 32.0. The van der Waals surface area contributed by atoms with Gasteiger partial charge in [-0.3, -0.25) is 4.99 Å². The van der Waals surface area contributed by atoms with E-state index in [0.717, 1.165) is 17.2 Å². The zero-order chi connectivity index (χ0) is 24.5. The standard InChI is InChI=1S/C22H25N9O4/c1-12-9-34-10-13-11-35-18-15(7-25-8-16(29-23)20(32)33)27-22(28-19(18)30(12)13)31-17-6-4-3-5-14(17)26-21(31)24-2/h3-6,8,12-13H,7,9-11,23H2,1-2H3,(H,24,26)(H,32,33)/t12-,13+/m1/s1. The summed E-state index contributed by atoms with van der Waals surface area (Å²) in [6.45, 7) is 3.62. The molecule has 0 saturated carbocycles. The van der Waals surface area contributed by atoms with Crippen molar-refractivity contribution in [2.45, 2.75) is 25.6 Å². The number of hydrogen-bond donors (Lipinski definition) is 3. The molecule has 0 amide bonds. The number of hydrogen-bond acceptors (Lipinski definition) is 11. The van der Waals surface area contributed by atoms with Crippen molar-refractivity contribution in [1.82, 2.24) is 19.5 Å². The number of aliphatic carboxylic acids is 1. The third-order valence-electron chi connectivity index (χ3n) is 5.91. The van der Waals surface area contributed by atoms with Crippen LogP contribution in [-0.2, 0) is 16.1 Å². The van der Waals surface area contributed by atoms with Crippen LogP contribution >= 0.6 is 0 Å². The molecule has 1 fully saturated rings. The average Bonchev–Trinajstić information content (AvgIpc) is 3.24. The van der Waals surface area contributed by atoms with Crippen LogP contribution in [0.3, 0.4) is 0 Å². The monoisotopic (exact) mass is 479 g/mol. The first-order chi connectivity index (χ1) is 17.0. The first kappa shape index (κ1) is 22.5. The summed E-state index contributed by atoms with van der Waals surface area (Å²) in [6.07, 6.45) is 1.10. The smallest absolute Gasteiger partial charge is 0.357 e. The Labute approximate surface area is 200 Å². The van der Waals surface area contributed by atoms with Gasteiger partial charge in [-0.15, -0.1) is 0 Å². The summed E-state index contributed by atoms with van der Waals surface area (Å²) in [6, 6.07) is 7.78. The van der Waals surface area contributed by atoms with Crippen molar-refractivity contribution in [3.63, 3.8) is 0 Å². The number of para-hydroxylation sites is 2. The van der Waals surface area contributed by atoms with Crippen LogP contribution in [0.4, 0.5) is 11.8 Å². The molecular weight excluding hydrogens is 454 g/mol. The van der Waals surface area contributed by atoms with Gasteiger partial charge in [-0.2, -0.15) is 10.1 Å². The summed E-state index contributed by atoms with van der Waals surface area (Å²) < 4.78 is 13.6. The molecule has 1 saturated heterocycles. The van der Waals surface area contributed by atoms with Gasteiger partial charge in [0.25, 0.3) is 0 Å². The van der Waals surface area contributed by atoms with Gasteiger partial charge in [-0.1, -0.05) is 12.1 Å². The molecule has 0 unspecified atom stereocenters. The van der Waals surface area contributed by atoms with Gasteiger partial charge in [-0.05, 0) is 19.1 Å². The summed E-state index contributed by atoms with van der Waals surface area (Å²) in [5, 5.41) is 15.5. The molecule has 4 heterocycles. The second-order valence-electron chi connectivity index (χ2n) is 8.18. The molecule has 13 nitrogen and oxygen atoms in total. The van der Waals surface area contributed by atoms with Crippen LogP contribution in [0.5, 0.6) is 5.75 Å². The van der Waals surface area contributed by atoms with Crippen LogP contribution < -0.4 is 20.8 Å². The second kappa shape index (κ2) is 9.18. The number of morpholine rings is 1. The first-order valence-corrected chi connectivity index (χ1v) is 11.1. The van der Waals surface area contributed by atoms with Crippen molar-refractivity contribution in [2.24, 2.45) is 15.9 Å². The Hall–Kier alpha value is -4.26. The van der Waals surface area contributed by atoms with E-state index in [9.17, 15) is 4.79 Å². The molecule has 2 atom stereocenters. The van der Waals surface area contributed by atoms with Gasteiger partial charge in [0.2, 0.25) is 11.9 Å². The third-order valence-corrected chi connectivity index (χ3v) is 5.91. The maximum atomic E-state index is 11.2. The minimum Gasteiger partial charge on any atom is -0.486 e. The van der Waals surface area contributed by atoms with E-state index in [-0.39, 0.29) is 24.3 Å². The van der Waals surface area contributed by atoms with Gasteiger partial charge in [0.15, 0.2) is 17.3 Å². The molecule has 0 radical (unpaired) electrons. The van der Waals surface area contributed by atoms with E-state index in [1.807, 2.05) is 28.8 Å². The molecule has 3 aromatic rings. The van der Waals surface area contributed by atoms with Crippen molar-refractivity contribution < 1.29 is 19.4 Å². The second-order valence-corrected chi connectivity index (χ2v) is 8.18. The molecule has 4 N–H and O–H groups in total. The number of aliphatic imine (C=N–C) groups is 1. The molecule has 0 aliphatic carbocycles. The average molecular weight is 480 g/mol. The number of ether oxygens (including phenoxy) is 2. The van der Waals surface area contributed by atoms with E-state index >= 15 is 0 Å². The van der Waals surface area contributed by atoms with Gasteiger partial charge in [0.05, 0.1) is 49.1 Å². The predicted octanol–water partition coefficient (Wildman–Crippen LogP) is 0.813. The maximum absolute atomic E-state index is 11.2. The quantitative estimate of drug-likeness (QED) is 0.262. The minimum absolute atomic E-state index is 0.0108. The lowest BCUT2D eigenvalue weighted by Gasteiger charge is -2.44. The fourth-order valence-corrected chi connectivity index (χ4v) is 4.34. The SMILES string of the molecule is CNc1nc2ccccc2n1-c1nc(CN=CC(=NN)C(=O)O)c2c(n1)N1[C@@H](COC[C@H]1C)CO2. The highest BCUT2D eigenvalue weighted by molar-refractivity contribution is 6.58. The number of nitrogens with zero attached hydrogens (tertiary/aromatic N) is 7. The van der Waals surface area contributed by atoms with Gasteiger partial charge in [0, 0.05) is 7.05 Å². The van der Waals surface area contributed by atoms with Crippen LogP contribution in [0.15, 0.2) is 34.4 Å². The summed E-state index contributed by atoms with van der Waals surface area (Å²) in [5.74, 6) is 5.99. The number of carbonyl (C=O) groups is 1. The molecule has 1 aromatic carbocycles. The molecule has 182 valence electrons. The lowest BCUT2D eigenvalue weighted by Crippen LogP contribution is -2.56. The van der Waals surface area contributed by atoms with E-state index in [4.69, 9.17) is 30.4 Å². The number of fused-ring (bicyclic) bond motifs is 4. The van der Waals surface area contributed by atoms with Gasteiger partial charge in [0.1, 0.15) is 12.3 Å². The third kappa shape index (κ3) is 3.99. The number of imidazole rings is 1. The maximum Gasteiger partial charge on any atom is 0.357 e. The van der Waals surface area contributed by atoms with E-state index < -0.39 is 5.97 Å². The van der Waals surface area contributed by atoms with Crippen LogP contribution in [-0.4, -0.2) is 81.5 Å². The number of nitrogens with two attached hydrogens (primary N) is 1. The molecule has 0 spiro atoms. The Balaban J connectivity index is 1.67. The van der Waals surface area contributed by atoms with Crippen molar-refractivity contribution in [3.8, 4) is 11.7 Å². The highest BCUT2D eigenvalue weighted by Gasteiger charge is 2.38. The van der Waals surface area contributed by atoms with Crippen molar-refractivity contribution in [1.29, 1.82) is 0 Å². The van der Waals surface area contributed by atoms with E-state index in [1.54, 1.807) is 7.05 Å². The number of carboxylic acid groups (broad SMARTS) is 1. The molecule has 2 aliphatic heterocycles. The number of carboxylic acids is 1. The fourth-order valence-electron chi connectivity index (χ4n) is 4.34. The predicted molar refractivity (Wildman–Crippen MR) is 130 cm³/mol. The number of anilines is 2. The van der Waals surface area contributed by atoms with Crippen molar-refractivity contribution >= 4 is 40.7 Å². The number of hydrazone groups is 1. The minimum atomic E-state index is -1.27. The molecule has 2 aromatic heterocycles. The molecule has 2 aliphatic rings. The zero-order valence-electron chi connectivity index (χ0n) is 19.2. The number of nitrogens with one attached hydrogen (secondary N) is 1. The molecule has 0 bridgehead atoms. The van der Waals surface area contributed by atoms with Crippen molar-refractivity contribution in [3.05, 3.63) is 30.0 Å². The highest BCUT2D eigenvalue weighted by atomic mass is 16.5. The Morgan fingerprint density at radius 1 is 1.29 bits per heavy atom. The summed E-state index contributed by atoms with van der Waals surface area (Å²) in [5.41, 5.74) is 1.75.